The van der Waals surface area contributed by atoms with E-state index in [4.69, 9.17) is 9.47 Å². The van der Waals surface area contributed by atoms with Gasteiger partial charge in [-0.3, -0.25) is 9.69 Å². The summed E-state index contributed by atoms with van der Waals surface area (Å²) in [4.78, 5) is 14.0. The van der Waals surface area contributed by atoms with Crippen molar-refractivity contribution in [2.45, 2.75) is 61.0 Å². The molecule has 5 heteroatoms. The number of carbonyl (C=O) groups is 1. The number of carbonyl (C=O) groups excluding carboxylic acids is 1. The first kappa shape index (κ1) is 23.4. The lowest BCUT2D eigenvalue weighted by molar-refractivity contribution is -0.125. The minimum Gasteiger partial charge on any atom is -0.380 e. The van der Waals surface area contributed by atoms with Crippen LogP contribution in [-0.2, 0) is 14.3 Å². The number of hydrogen-bond acceptors (Lipinski definition) is 4. The average molecular weight is 345 g/mol. The molecule has 0 aliphatic carbocycles. The van der Waals surface area contributed by atoms with Crippen LogP contribution in [0.1, 0.15) is 54.9 Å². The van der Waals surface area contributed by atoms with Gasteiger partial charge in [0.25, 0.3) is 0 Å². The molecule has 144 valence electrons. The molecule has 0 aromatic heterocycles. The van der Waals surface area contributed by atoms with Crippen molar-refractivity contribution in [1.29, 1.82) is 0 Å². The summed E-state index contributed by atoms with van der Waals surface area (Å²) in [7, 11) is 0. The van der Waals surface area contributed by atoms with Crippen LogP contribution in [0.5, 0.6) is 0 Å². The molecule has 0 aromatic carbocycles. The zero-order valence-corrected chi connectivity index (χ0v) is 15.7. The van der Waals surface area contributed by atoms with Gasteiger partial charge in [0, 0.05) is 38.7 Å². The second-order valence-corrected chi connectivity index (χ2v) is 7.97. The Morgan fingerprint density at radius 2 is 2.04 bits per heavy atom. The molecule has 1 N–H and O–H groups in total. The lowest BCUT2D eigenvalue weighted by atomic mass is 9.91. The fourth-order valence-electron chi connectivity index (χ4n) is 2.53. The number of nitrogens with zero attached hydrogens (tertiary/aromatic N) is 1. The summed E-state index contributed by atoms with van der Waals surface area (Å²) in [6.07, 6.45) is 2.41. The Bertz CT molecular complexity index is 340. The molecule has 1 unspecified atom stereocenters. The second kappa shape index (κ2) is 11.8. The van der Waals surface area contributed by atoms with Gasteiger partial charge in [-0.15, -0.1) is 0 Å². The summed E-state index contributed by atoms with van der Waals surface area (Å²) in [6.45, 7) is 16.3. The maximum absolute atomic E-state index is 11.6. The normalized spacial score (nSPS) is 19.2. The zero-order chi connectivity index (χ0) is 17.3. The molecule has 0 spiro atoms. The number of ether oxygens (including phenoxy) is 2. The summed E-state index contributed by atoms with van der Waals surface area (Å²) in [5, 5.41) is 2.95. The standard InChI is InChI=1S/C18H36N2O3.CH4/c1-15(2)17(21)19-13-16-14-20(9-12-23-16)8-11-22-10-6-7-18(3,4)5;/h15-16H,6-14H2,1-5H3,(H,19,21);1H4. The summed E-state index contributed by atoms with van der Waals surface area (Å²) in [5.74, 6) is 0.115. The first-order valence-electron chi connectivity index (χ1n) is 8.97. The van der Waals surface area contributed by atoms with Gasteiger partial charge in [-0.05, 0) is 18.3 Å². The predicted octanol–water partition coefficient (Wildman–Crippen LogP) is 2.94. The molecule has 0 aromatic rings. The van der Waals surface area contributed by atoms with Crippen molar-refractivity contribution in [2.75, 3.05) is 46.0 Å². The monoisotopic (exact) mass is 344 g/mol. The van der Waals surface area contributed by atoms with E-state index < -0.39 is 0 Å². The molecule has 1 fully saturated rings. The van der Waals surface area contributed by atoms with Gasteiger partial charge in [0.05, 0.1) is 19.3 Å². The highest BCUT2D eigenvalue weighted by Crippen LogP contribution is 2.20. The molecule has 0 bridgehead atoms. The SMILES string of the molecule is C.CC(C)C(=O)NCC1CN(CCOCCCC(C)(C)C)CCO1. The van der Waals surface area contributed by atoms with Crippen LogP contribution in [0.15, 0.2) is 0 Å². The summed E-state index contributed by atoms with van der Waals surface area (Å²) >= 11 is 0. The summed E-state index contributed by atoms with van der Waals surface area (Å²) in [5.41, 5.74) is 0.390. The third-order valence-electron chi connectivity index (χ3n) is 4.02. The minimum atomic E-state index is 0. The van der Waals surface area contributed by atoms with Crippen molar-refractivity contribution in [1.82, 2.24) is 10.2 Å². The number of morpholine rings is 1. The number of amides is 1. The van der Waals surface area contributed by atoms with Gasteiger partial charge in [0.1, 0.15) is 0 Å². The highest BCUT2D eigenvalue weighted by Gasteiger charge is 2.21. The van der Waals surface area contributed by atoms with Crippen LogP contribution in [-0.4, -0.2) is 62.9 Å². The second-order valence-electron chi connectivity index (χ2n) is 7.97. The van der Waals surface area contributed by atoms with Crippen LogP contribution in [0.4, 0.5) is 0 Å². The van der Waals surface area contributed by atoms with Crippen molar-refractivity contribution in [3.8, 4) is 0 Å². The lowest BCUT2D eigenvalue weighted by Crippen LogP contribution is -2.48. The van der Waals surface area contributed by atoms with Crippen LogP contribution < -0.4 is 5.32 Å². The summed E-state index contributed by atoms with van der Waals surface area (Å²) < 4.78 is 11.5. The maximum atomic E-state index is 11.6. The van der Waals surface area contributed by atoms with E-state index in [1.807, 2.05) is 13.8 Å². The predicted molar refractivity (Wildman–Crippen MR) is 100 cm³/mol. The highest BCUT2D eigenvalue weighted by molar-refractivity contribution is 5.77. The Balaban J connectivity index is 0.00000529. The van der Waals surface area contributed by atoms with Crippen molar-refractivity contribution in [3.63, 3.8) is 0 Å². The Labute approximate surface area is 149 Å². The first-order valence-corrected chi connectivity index (χ1v) is 8.97. The smallest absolute Gasteiger partial charge is 0.222 e. The molecule has 1 aliphatic rings. The molecule has 1 heterocycles. The van der Waals surface area contributed by atoms with Crippen LogP contribution in [0.3, 0.4) is 0 Å². The zero-order valence-electron chi connectivity index (χ0n) is 15.7. The van der Waals surface area contributed by atoms with E-state index in [0.29, 0.717) is 12.0 Å². The van der Waals surface area contributed by atoms with E-state index in [1.54, 1.807) is 0 Å². The molecule has 1 aliphatic heterocycles. The van der Waals surface area contributed by atoms with Gasteiger partial charge in [0.2, 0.25) is 5.91 Å². The van der Waals surface area contributed by atoms with Crippen LogP contribution >= 0.6 is 0 Å². The van der Waals surface area contributed by atoms with E-state index in [1.165, 1.54) is 6.42 Å². The molecule has 0 saturated carbocycles. The lowest BCUT2D eigenvalue weighted by Gasteiger charge is -2.33. The van der Waals surface area contributed by atoms with Crippen molar-refractivity contribution in [2.24, 2.45) is 11.3 Å². The molecule has 1 saturated heterocycles. The first-order chi connectivity index (χ1) is 10.8. The third-order valence-corrected chi connectivity index (χ3v) is 4.02. The largest absolute Gasteiger partial charge is 0.380 e. The molecule has 24 heavy (non-hydrogen) atoms. The summed E-state index contributed by atoms with van der Waals surface area (Å²) in [6, 6.07) is 0. The topological polar surface area (TPSA) is 50.8 Å². The van der Waals surface area contributed by atoms with E-state index >= 15 is 0 Å². The van der Waals surface area contributed by atoms with Gasteiger partial charge >= 0.3 is 0 Å². The maximum Gasteiger partial charge on any atom is 0.222 e. The van der Waals surface area contributed by atoms with Crippen molar-refractivity contribution >= 4 is 5.91 Å². The van der Waals surface area contributed by atoms with E-state index in [9.17, 15) is 4.79 Å². The van der Waals surface area contributed by atoms with Crippen molar-refractivity contribution in [3.05, 3.63) is 0 Å². The fraction of sp³-hybridized carbons (Fsp3) is 0.947. The van der Waals surface area contributed by atoms with E-state index in [0.717, 1.165) is 45.9 Å². The van der Waals surface area contributed by atoms with Crippen LogP contribution in [0.2, 0.25) is 0 Å². The quantitative estimate of drug-likeness (QED) is 0.654. The molecule has 1 atom stereocenters. The van der Waals surface area contributed by atoms with Gasteiger partial charge in [-0.2, -0.15) is 0 Å². The molecular formula is C19H40N2O3. The number of rotatable bonds is 9. The van der Waals surface area contributed by atoms with Gasteiger partial charge < -0.3 is 14.8 Å². The van der Waals surface area contributed by atoms with E-state index in [-0.39, 0.29) is 25.4 Å². The third kappa shape index (κ3) is 11.0. The van der Waals surface area contributed by atoms with E-state index in [2.05, 4.69) is 31.0 Å². The Kier molecular flexibility index (Phi) is 11.5. The molecule has 0 radical (unpaired) electrons. The Morgan fingerprint density at radius 1 is 1.33 bits per heavy atom. The van der Waals surface area contributed by atoms with Crippen molar-refractivity contribution < 1.29 is 14.3 Å². The highest BCUT2D eigenvalue weighted by atomic mass is 16.5. The minimum absolute atomic E-state index is 0. The molecule has 1 amide bonds. The Morgan fingerprint density at radius 3 is 2.67 bits per heavy atom. The number of hydrogen-bond donors (Lipinski definition) is 1. The van der Waals surface area contributed by atoms with Crippen LogP contribution in [0.25, 0.3) is 0 Å². The molecule has 1 rings (SSSR count). The van der Waals surface area contributed by atoms with Gasteiger partial charge in [0.15, 0.2) is 0 Å². The molecule has 5 nitrogen and oxygen atoms in total. The number of nitrogens with one attached hydrogen (secondary N) is 1. The Hall–Kier alpha value is -0.650. The fourth-order valence-corrected chi connectivity index (χ4v) is 2.53. The van der Waals surface area contributed by atoms with Gasteiger partial charge in [-0.1, -0.05) is 42.0 Å². The van der Waals surface area contributed by atoms with Crippen LogP contribution in [0, 0.1) is 11.3 Å². The molecular weight excluding hydrogens is 304 g/mol. The average Bonchev–Trinajstić information content (AvgIpc) is 2.47. The van der Waals surface area contributed by atoms with Gasteiger partial charge in [-0.25, -0.2) is 0 Å².